The van der Waals surface area contributed by atoms with Crippen LogP contribution in [-0.4, -0.2) is 28.1 Å². The molecule has 7 heteroatoms. The Morgan fingerprint density at radius 3 is 2.35 bits per heavy atom. The third kappa shape index (κ3) is 3.82. The second-order valence-electron chi connectivity index (χ2n) is 7.57. The minimum Gasteiger partial charge on any atom is -0.507 e. The Hall–Kier alpha value is -3.87. The molecule has 1 amide bonds. The maximum Gasteiger partial charge on any atom is 0.301 e. The molecule has 0 spiro atoms. The van der Waals surface area contributed by atoms with E-state index in [0.29, 0.717) is 22.6 Å². The normalized spacial score (nSPS) is 18.1. The average molecular weight is 418 g/mol. The van der Waals surface area contributed by atoms with E-state index in [1.54, 1.807) is 49.4 Å². The molecular formula is C24H22N2O5. The van der Waals surface area contributed by atoms with Crippen molar-refractivity contribution in [2.75, 3.05) is 4.90 Å². The lowest BCUT2D eigenvalue weighted by Gasteiger charge is -2.22. The molecule has 4 rings (SSSR count). The van der Waals surface area contributed by atoms with Crippen LogP contribution in [0.3, 0.4) is 0 Å². The van der Waals surface area contributed by atoms with Crippen LogP contribution in [0.2, 0.25) is 0 Å². The van der Waals surface area contributed by atoms with Gasteiger partial charge in [-0.3, -0.25) is 14.5 Å². The number of rotatable bonds is 5. The molecule has 3 aromatic rings. The highest BCUT2D eigenvalue weighted by Gasteiger charge is 2.48. The quantitative estimate of drug-likeness (QED) is 0.375. The van der Waals surface area contributed by atoms with Crippen LogP contribution in [0.5, 0.6) is 5.75 Å². The highest BCUT2D eigenvalue weighted by molar-refractivity contribution is 6.51. The van der Waals surface area contributed by atoms with E-state index < -0.39 is 17.7 Å². The number of nitrogens with zero attached hydrogens (tertiary/aromatic N) is 2. The van der Waals surface area contributed by atoms with Crippen molar-refractivity contribution in [2.45, 2.75) is 32.9 Å². The maximum atomic E-state index is 13.0. The number of ketones is 1. The number of hydrogen-bond donors (Lipinski definition) is 1. The van der Waals surface area contributed by atoms with E-state index in [0.717, 1.165) is 0 Å². The zero-order chi connectivity index (χ0) is 22.1. The number of hydrogen-bond acceptors (Lipinski definition) is 6. The number of Topliss-reactive ketones (excluding diaryl/α,β-unsaturated/α-hetero) is 1. The number of ether oxygens (including phenoxy) is 1. The Labute approximate surface area is 179 Å². The van der Waals surface area contributed by atoms with Gasteiger partial charge in [-0.2, -0.15) is 0 Å². The molecule has 1 N–H and O–H groups in total. The van der Waals surface area contributed by atoms with Gasteiger partial charge in [-0.15, -0.1) is 0 Å². The summed E-state index contributed by atoms with van der Waals surface area (Å²) in [5, 5.41) is 15.0. The van der Waals surface area contributed by atoms with Crippen LogP contribution in [-0.2, 0) is 9.59 Å². The van der Waals surface area contributed by atoms with Crippen LogP contribution >= 0.6 is 0 Å². The van der Waals surface area contributed by atoms with Gasteiger partial charge < -0.3 is 14.4 Å². The lowest BCUT2D eigenvalue weighted by atomic mass is 9.95. The fraction of sp³-hybridized carbons (Fsp3) is 0.208. The van der Waals surface area contributed by atoms with E-state index in [9.17, 15) is 14.7 Å². The van der Waals surface area contributed by atoms with Gasteiger partial charge in [0.2, 0.25) is 0 Å². The van der Waals surface area contributed by atoms with Gasteiger partial charge in [0, 0.05) is 11.6 Å². The summed E-state index contributed by atoms with van der Waals surface area (Å²) in [5.74, 6) is -0.452. The van der Waals surface area contributed by atoms with Gasteiger partial charge >= 0.3 is 5.91 Å². The Balaban J connectivity index is 1.84. The predicted molar refractivity (Wildman–Crippen MR) is 115 cm³/mol. The molecule has 1 saturated heterocycles. The SMILES string of the molecule is Cc1cc(N2C(=O)C(=O)/C(=C(/O)c3ccc(OC(C)C)cc3)[C@@H]2c2ccccc2)no1. The van der Waals surface area contributed by atoms with Gasteiger partial charge in [0.25, 0.3) is 5.78 Å². The first-order valence-electron chi connectivity index (χ1n) is 9.93. The number of amides is 1. The number of aromatic nitrogens is 1. The van der Waals surface area contributed by atoms with Crippen molar-refractivity contribution in [2.24, 2.45) is 0 Å². The molecular weight excluding hydrogens is 396 g/mol. The third-order valence-electron chi connectivity index (χ3n) is 4.92. The number of aliphatic hydroxyl groups excluding tert-OH is 1. The summed E-state index contributed by atoms with van der Waals surface area (Å²) in [7, 11) is 0. The summed E-state index contributed by atoms with van der Waals surface area (Å²) in [5.41, 5.74) is 1.07. The number of aryl methyl sites for hydroxylation is 1. The first-order chi connectivity index (χ1) is 14.9. The second kappa shape index (κ2) is 8.10. The molecule has 31 heavy (non-hydrogen) atoms. The van der Waals surface area contributed by atoms with Crippen LogP contribution in [0.15, 0.2) is 70.8 Å². The van der Waals surface area contributed by atoms with Gasteiger partial charge in [-0.05, 0) is 50.6 Å². The van der Waals surface area contributed by atoms with Gasteiger partial charge in [-0.1, -0.05) is 35.5 Å². The largest absolute Gasteiger partial charge is 0.507 e. The van der Waals surface area contributed by atoms with Crippen LogP contribution in [0.25, 0.3) is 5.76 Å². The molecule has 158 valence electrons. The van der Waals surface area contributed by atoms with E-state index in [-0.39, 0.29) is 23.3 Å². The van der Waals surface area contributed by atoms with Gasteiger partial charge in [-0.25, -0.2) is 0 Å². The van der Waals surface area contributed by atoms with Crippen molar-refractivity contribution in [3.63, 3.8) is 0 Å². The minimum atomic E-state index is -0.836. The summed E-state index contributed by atoms with van der Waals surface area (Å²) in [6.45, 7) is 5.53. The molecule has 1 fully saturated rings. The van der Waals surface area contributed by atoms with Crippen molar-refractivity contribution in [3.8, 4) is 5.75 Å². The molecule has 0 radical (unpaired) electrons. The minimum absolute atomic E-state index is 0.00520. The van der Waals surface area contributed by atoms with Gasteiger partial charge in [0.05, 0.1) is 17.7 Å². The summed E-state index contributed by atoms with van der Waals surface area (Å²) in [6, 6.07) is 16.5. The third-order valence-corrected chi connectivity index (χ3v) is 4.92. The topological polar surface area (TPSA) is 92.9 Å². The molecule has 0 saturated carbocycles. The molecule has 2 aromatic carbocycles. The Morgan fingerprint density at radius 1 is 1.10 bits per heavy atom. The Morgan fingerprint density at radius 2 is 1.77 bits per heavy atom. The van der Waals surface area contributed by atoms with E-state index in [1.165, 1.54) is 4.90 Å². The van der Waals surface area contributed by atoms with Gasteiger partial charge in [0.15, 0.2) is 5.82 Å². The monoisotopic (exact) mass is 418 g/mol. The molecule has 1 aromatic heterocycles. The lowest BCUT2D eigenvalue weighted by molar-refractivity contribution is -0.132. The van der Waals surface area contributed by atoms with Crippen LogP contribution in [0, 0.1) is 6.92 Å². The molecule has 0 unspecified atom stereocenters. The van der Waals surface area contributed by atoms with Crippen LogP contribution in [0.4, 0.5) is 5.82 Å². The first kappa shape index (κ1) is 20.4. The Bertz CT molecular complexity index is 1150. The number of benzene rings is 2. The van der Waals surface area contributed by atoms with E-state index in [4.69, 9.17) is 9.26 Å². The molecule has 1 aliphatic heterocycles. The summed E-state index contributed by atoms with van der Waals surface area (Å²) < 4.78 is 10.8. The molecule has 0 bridgehead atoms. The van der Waals surface area contributed by atoms with E-state index >= 15 is 0 Å². The van der Waals surface area contributed by atoms with Crippen molar-refractivity contribution in [3.05, 3.63) is 83.1 Å². The van der Waals surface area contributed by atoms with Crippen molar-refractivity contribution >= 4 is 23.3 Å². The Kier molecular flexibility index (Phi) is 5.33. The zero-order valence-electron chi connectivity index (χ0n) is 17.4. The van der Waals surface area contributed by atoms with Crippen LogP contribution < -0.4 is 9.64 Å². The number of anilines is 1. The number of aliphatic hydroxyl groups is 1. The van der Waals surface area contributed by atoms with Crippen LogP contribution in [0.1, 0.15) is 36.8 Å². The highest BCUT2D eigenvalue weighted by Crippen LogP contribution is 2.41. The highest BCUT2D eigenvalue weighted by atomic mass is 16.5. The zero-order valence-corrected chi connectivity index (χ0v) is 17.4. The lowest BCUT2D eigenvalue weighted by Crippen LogP contribution is -2.29. The van der Waals surface area contributed by atoms with E-state index in [2.05, 4.69) is 5.16 Å². The summed E-state index contributed by atoms with van der Waals surface area (Å²) in [6.07, 6.45) is 0.00812. The van der Waals surface area contributed by atoms with Crippen molar-refractivity contribution in [1.82, 2.24) is 5.16 Å². The van der Waals surface area contributed by atoms with E-state index in [1.807, 2.05) is 32.0 Å². The predicted octanol–water partition coefficient (Wildman–Crippen LogP) is 4.40. The number of carbonyl (C=O) groups excluding carboxylic acids is 2. The maximum absolute atomic E-state index is 13.0. The molecule has 0 aliphatic carbocycles. The van der Waals surface area contributed by atoms with Crippen molar-refractivity contribution < 1.29 is 24.0 Å². The van der Waals surface area contributed by atoms with Crippen molar-refractivity contribution in [1.29, 1.82) is 0 Å². The number of carbonyl (C=O) groups is 2. The fourth-order valence-corrected chi connectivity index (χ4v) is 3.61. The van der Waals surface area contributed by atoms with Gasteiger partial charge in [0.1, 0.15) is 17.3 Å². The molecule has 1 aliphatic rings. The average Bonchev–Trinajstić information content (AvgIpc) is 3.29. The molecule has 7 nitrogen and oxygen atoms in total. The standard InChI is InChI=1S/C24H22N2O5/c1-14(2)30-18-11-9-17(10-12-18)22(27)20-21(16-7-5-4-6-8-16)26(24(29)23(20)28)19-13-15(3)31-25-19/h4-14,21,27H,1-3H3/b22-20+/t21-/m0/s1. The summed E-state index contributed by atoms with van der Waals surface area (Å²) >= 11 is 0. The smallest absolute Gasteiger partial charge is 0.301 e. The fourth-order valence-electron chi connectivity index (χ4n) is 3.61. The molecule has 2 heterocycles. The summed E-state index contributed by atoms with van der Waals surface area (Å²) in [4.78, 5) is 27.2. The second-order valence-corrected chi connectivity index (χ2v) is 7.57. The molecule has 1 atom stereocenters. The first-order valence-corrected chi connectivity index (χ1v) is 9.93.